The number of rotatable bonds is 7. The number of esters is 2. The normalized spacial score (nSPS) is 9.90. The van der Waals surface area contributed by atoms with Crippen molar-refractivity contribution in [3.05, 3.63) is 12.4 Å². The van der Waals surface area contributed by atoms with Gasteiger partial charge in [0.05, 0.1) is 27.0 Å². The molecule has 1 rings (SSSR count). The van der Waals surface area contributed by atoms with Crippen LogP contribution in [-0.2, 0) is 30.4 Å². The maximum absolute atomic E-state index is 12.0. The number of ether oxygens (including phenoxy) is 2. The zero-order chi connectivity index (χ0) is 15.0. The van der Waals surface area contributed by atoms with E-state index in [4.69, 9.17) is 0 Å². The van der Waals surface area contributed by atoms with Crippen molar-refractivity contribution in [1.82, 2.24) is 19.9 Å². The van der Waals surface area contributed by atoms with Crippen LogP contribution in [0.15, 0.2) is 12.4 Å². The largest absolute Gasteiger partial charge is 0.468 e. The SMILES string of the molecule is COC(=O)CN(CC(=O)OC)C(=O)CCn1ccnn1. The van der Waals surface area contributed by atoms with Crippen molar-refractivity contribution in [1.29, 1.82) is 0 Å². The van der Waals surface area contributed by atoms with Gasteiger partial charge in [0.2, 0.25) is 5.91 Å². The van der Waals surface area contributed by atoms with Crippen molar-refractivity contribution < 1.29 is 23.9 Å². The highest BCUT2D eigenvalue weighted by Crippen LogP contribution is 1.99. The molecular formula is C11H16N4O5. The zero-order valence-corrected chi connectivity index (χ0v) is 11.3. The van der Waals surface area contributed by atoms with Gasteiger partial charge in [-0.2, -0.15) is 0 Å². The van der Waals surface area contributed by atoms with E-state index in [0.29, 0.717) is 6.54 Å². The lowest BCUT2D eigenvalue weighted by Gasteiger charge is -2.19. The Balaban J connectivity index is 2.57. The predicted molar refractivity (Wildman–Crippen MR) is 65.3 cm³/mol. The quantitative estimate of drug-likeness (QED) is 0.582. The molecule has 0 saturated carbocycles. The summed E-state index contributed by atoms with van der Waals surface area (Å²) in [5.74, 6) is -1.60. The van der Waals surface area contributed by atoms with Crippen LogP contribution in [0.4, 0.5) is 0 Å². The standard InChI is InChI=1S/C11H16N4O5/c1-19-10(17)7-14(8-11(18)20-2)9(16)3-5-15-6-4-12-13-15/h4,6H,3,5,7-8H2,1-2H3. The monoisotopic (exact) mass is 284 g/mol. The number of carbonyl (C=O) groups is 3. The van der Waals surface area contributed by atoms with E-state index in [-0.39, 0.29) is 25.4 Å². The highest BCUT2D eigenvalue weighted by atomic mass is 16.5. The van der Waals surface area contributed by atoms with Gasteiger partial charge in [0.15, 0.2) is 0 Å². The highest BCUT2D eigenvalue weighted by Gasteiger charge is 2.20. The van der Waals surface area contributed by atoms with Gasteiger partial charge >= 0.3 is 11.9 Å². The minimum Gasteiger partial charge on any atom is -0.468 e. The van der Waals surface area contributed by atoms with E-state index in [1.54, 1.807) is 6.20 Å². The maximum Gasteiger partial charge on any atom is 0.325 e. The van der Waals surface area contributed by atoms with Gasteiger partial charge in [-0.15, -0.1) is 5.10 Å². The third-order valence-corrected chi connectivity index (χ3v) is 2.47. The van der Waals surface area contributed by atoms with E-state index >= 15 is 0 Å². The number of amides is 1. The fraction of sp³-hybridized carbons (Fsp3) is 0.545. The fourth-order valence-corrected chi connectivity index (χ4v) is 1.39. The third kappa shape index (κ3) is 5.04. The summed E-state index contributed by atoms with van der Waals surface area (Å²) in [6, 6.07) is 0. The first-order valence-electron chi connectivity index (χ1n) is 5.82. The van der Waals surface area contributed by atoms with Gasteiger partial charge in [-0.05, 0) is 0 Å². The minimum absolute atomic E-state index is 0.0807. The summed E-state index contributed by atoms with van der Waals surface area (Å²) >= 11 is 0. The van der Waals surface area contributed by atoms with E-state index in [2.05, 4.69) is 19.8 Å². The van der Waals surface area contributed by atoms with Crippen LogP contribution in [0, 0.1) is 0 Å². The molecule has 9 nitrogen and oxygen atoms in total. The average molecular weight is 284 g/mol. The number of methoxy groups -OCH3 is 2. The first-order chi connectivity index (χ1) is 9.56. The van der Waals surface area contributed by atoms with E-state index < -0.39 is 11.9 Å². The third-order valence-electron chi connectivity index (χ3n) is 2.47. The fourth-order valence-electron chi connectivity index (χ4n) is 1.39. The Morgan fingerprint density at radius 1 is 1.15 bits per heavy atom. The number of aryl methyl sites for hydroxylation is 1. The van der Waals surface area contributed by atoms with Crippen LogP contribution in [0.1, 0.15) is 6.42 Å². The van der Waals surface area contributed by atoms with Crippen molar-refractivity contribution in [2.24, 2.45) is 0 Å². The molecule has 0 saturated heterocycles. The molecule has 0 aliphatic carbocycles. The topological polar surface area (TPSA) is 104 Å². The highest BCUT2D eigenvalue weighted by molar-refractivity contribution is 5.85. The summed E-state index contributed by atoms with van der Waals surface area (Å²) in [4.78, 5) is 35.5. The Morgan fingerprint density at radius 3 is 2.20 bits per heavy atom. The van der Waals surface area contributed by atoms with Gasteiger partial charge in [0.1, 0.15) is 13.1 Å². The smallest absolute Gasteiger partial charge is 0.325 e. The lowest BCUT2D eigenvalue weighted by molar-refractivity contribution is -0.152. The molecule has 1 amide bonds. The maximum atomic E-state index is 12.0. The van der Waals surface area contributed by atoms with E-state index in [9.17, 15) is 14.4 Å². The van der Waals surface area contributed by atoms with Crippen LogP contribution in [0.5, 0.6) is 0 Å². The lowest BCUT2D eigenvalue weighted by atomic mass is 10.3. The molecule has 0 N–H and O–H groups in total. The molecule has 0 aliphatic rings. The van der Waals surface area contributed by atoms with E-state index in [1.165, 1.54) is 25.1 Å². The number of aromatic nitrogens is 3. The van der Waals surface area contributed by atoms with Gasteiger partial charge in [-0.3, -0.25) is 19.1 Å². The predicted octanol–water partition coefficient (Wildman–Crippen LogP) is -1.16. The van der Waals surface area contributed by atoms with Gasteiger partial charge < -0.3 is 14.4 Å². The van der Waals surface area contributed by atoms with Crippen LogP contribution in [-0.4, -0.2) is 65.0 Å². The first kappa shape index (κ1) is 15.6. The van der Waals surface area contributed by atoms with Gasteiger partial charge in [0, 0.05) is 12.6 Å². The van der Waals surface area contributed by atoms with Gasteiger partial charge in [-0.25, -0.2) is 0 Å². The number of nitrogens with zero attached hydrogens (tertiary/aromatic N) is 4. The Kier molecular flexibility index (Phi) is 6.14. The molecule has 0 unspecified atom stereocenters. The summed E-state index contributed by atoms with van der Waals surface area (Å²) < 4.78 is 10.4. The van der Waals surface area contributed by atoms with Crippen molar-refractivity contribution in [2.45, 2.75) is 13.0 Å². The summed E-state index contributed by atoms with van der Waals surface area (Å²) in [5, 5.41) is 7.32. The molecular weight excluding hydrogens is 268 g/mol. The average Bonchev–Trinajstić information content (AvgIpc) is 2.96. The van der Waals surface area contributed by atoms with Crippen LogP contribution in [0.3, 0.4) is 0 Å². The molecule has 1 aromatic heterocycles. The van der Waals surface area contributed by atoms with Crippen molar-refractivity contribution >= 4 is 17.8 Å². The second-order valence-corrected chi connectivity index (χ2v) is 3.82. The molecule has 0 bridgehead atoms. The second-order valence-electron chi connectivity index (χ2n) is 3.82. The molecule has 1 heterocycles. The Hall–Kier alpha value is -2.45. The van der Waals surface area contributed by atoms with Gasteiger partial charge in [0.25, 0.3) is 0 Å². The number of hydrogen-bond acceptors (Lipinski definition) is 7. The number of hydrogen-bond donors (Lipinski definition) is 0. The molecule has 0 spiro atoms. The zero-order valence-electron chi connectivity index (χ0n) is 11.3. The number of carbonyl (C=O) groups excluding carboxylic acids is 3. The Morgan fingerprint density at radius 2 is 1.75 bits per heavy atom. The Bertz CT molecular complexity index is 441. The molecule has 1 aromatic rings. The van der Waals surface area contributed by atoms with Crippen LogP contribution < -0.4 is 0 Å². The van der Waals surface area contributed by atoms with Crippen molar-refractivity contribution in [3.8, 4) is 0 Å². The lowest BCUT2D eigenvalue weighted by Crippen LogP contribution is -2.40. The van der Waals surface area contributed by atoms with E-state index in [1.807, 2.05) is 0 Å². The van der Waals surface area contributed by atoms with Crippen LogP contribution in [0.25, 0.3) is 0 Å². The summed E-state index contributed by atoms with van der Waals surface area (Å²) in [7, 11) is 2.41. The summed E-state index contributed by atoms with van der Waals surface area (Å²) in [6.07, 6.45) is 3.18. The molecule has 20 heavy (non-hydrogen) atoms. The van der Waals surface area contributed by atoms with E-state index in [0.717, 1.165) is 4.90 Å². The molecule has 110 valence electrons. The summed E-state index contributed by atoms with van der Waals surface area (Å²) in [5.41, 5.74) is 0. The molecule has 0 aromatic carbocycles. The van der Waals surface area contributed by atoms with Crippen molar-refractivity contribution in [3.63, 3.8) is 0 Å². The molecule has 0 radical (unpaired) electrons. The molecule has 0 fully saturated rings. The summed E-state index contributed by atoms with van der Waals surface area (Å²) in [6.45, 7) is -0.304. The van der Waals surface area contributed by atoms with Crippen LogP contribution in [0.2, 0.25) is 0 Å². The molecule has 0 atom stereocenters. The second kappa shape index (κ2) is 7.87. The van der Waals surface area contributed by atoms with Crippen LogP contribution >= 0.6 is 0 Å². The van der Waals surface area contributed by atoms with Crippen molar-refractivity contribution in [2.75, 3.05) is 27.3 Å². The Labute approximate surface area is 115 Å². The van der Waals surface area contributed by atoms with Gasteiger partial charge in [-0.1, -0.05) is 5.21 Å². The first-order valence-corrected chi connectivity index (χ1v) is 5.82. The molecule has 9 heteroatoms. The minimum atomic E-state index is -0.608. The molecule has 0 aliphatic heterocycles.